The maximum Gasteiger partial charge on any atom is 1.00 e. The smallest absolute Gasteiger partial charge is 0.545 e. The first-order valence-electron chi connectivity index (χ1n) is 13.1. The van der Waals surface area contributed by atoms with Crippen molar-refractivity contribution in [2.24, 2.45) is 0 Å². The number of carboxylic acids is 1. The van der Waals surface area contributed by atoms with Crippen LogP contribution in [0.25, 0.3) is 16.6 Å². The topological polar surface area (TPSA) is 101 Å². The first kappa shape index (κ1) is 31.1. The maximum absolute atomic E-state index is 13.9. The van der Waals surface area contributed by atoms with Crippen LogP contribution in [0.4, 0.5) is 0 Å². The minimum Gasteiger partial charge on any atom is -0.545 e. The molecule has 42 heavy (non-hydrogen) atoms. The first-order chi connectivity index (χ1) is 19.9. The van der Waals surface area contributed by atoms with Gasteiger partial charge in [-0.05, 0) is 79.1 Å². The summed E-state index contributed by atoms with van der Waals surface area (Å²) in [4.78, 5) is 26.5. The Kier molecular flexibility index (Phi) is 10.7. The van der Waals surface area contributed by atoms with E-state index in [1.807, 2.05) is 68.4 Å². The number of ketones is 1. The molecule has 0 saturated carbocycles. The van der Waals surface area contributed by atoms with Gasteiger partial charge in [-0.25, -0.2) is 0 Å². The van der Waals surface area contributed by atoms with E-state index in [1.165, 1.54) is 0 Å². The van der Waals surface area contributed by atoms with Gasteiger partial charge in [0.15, 0.2) is 5.78 Å². The minimum atomic E-state index is -1.45. The molecule has 206 valence electrons. The molecule has 0 aliphatic rings. The maximum atomic E-state index is 13.9. The van der Waals surface area contributed by atoms with Gasteiger partial charge >= 0.3 is 29.6 Å². The van der Waals surface area contributed by atoms with E-state index in [4.69, 9.17) is 9.47 Å². The van der Waals surface area contributed by atoms with Crippen LogP contribution >= 0.6 is 11.7 Å². The van der Waals surface area contributed by atoms with Crippen LogP contribution < -0.4 is 44.1 Å². The standard InChI is InChI=1S/C33H28N2O5S.Na/c1-21(2)40-27-15-10-24(11-16-27)32(36)28(31(33(37)38)25-12-17-29-30(19-25)35-41-34-29)18-22-8-13-26(14-9-22)39-20-23-6-4-3-5-7-23;/h3-17,19,21H,18,20H2,1-2H3,(H,37,38);/q;+1/p-1/b31-28+;. The zero-order valence-corrected chi connectivity index (χ0v) is 26.4. The van der Waals surface area contributed by atoms with E-state index >= 15 is 0 Å². The third kappa shape index (κ3) is 7.72. The number of benzene rings is 4. The number of hydrogen-bond acceptors (Lipinski definition) is 8. The van der Waals surface area contributed by atoms with E-state index in [0.717, 1.165) is 22.9 Å². The van der Waals surface area contributed by atoms with Crippen LogP contribution in [0.2, 0.25) is 0 Å². The van der Waals surface area contributed by atoms with E-state index in [-0.39, 0.29) is 53.2 Å². The SMILES string of the molecule is CC(C)Oc1ccc(C(=O)/C(Cc2ccc(OCc3ccccc3)cc2)=C(/C(=O)[O-])c2ccc3nsnc3c2)cc1.[Na+]. The van der Waals surface area contributed by atoms with Crippen LogP contribution in [-0.4, -0.2) is 26.6 Å². The number of allylic oxidation sites excluding steroid dienone is 1. The Hall–Kier alpha value is -3.82. The summed E-state index contributed by atoms with van der Waals surface area (Å²) in [6, 6.07) is 28.7. The molecule has 1 aromatic heterocycles. The second-order valence-electron chi connectivity index (χ2n) is 9.72. The summed E-state index contributed by atoms with van der Waals surface area (Å²) in [6.07, 6.45) is 0.0464. The molecular weight excluding hydrogens is 559 g/mol. The summed E-state index contributed by atoms with van der Waals surface area (Å²) in [6.45, 7) is 4.25. The van der Waals surface area contributed by atoms with Crippen molar-refractivity contribution >= 4 is 40.1 Å². The van der Waals surface area contributed by atoms with Crippen LogP contribution in [0.3, 0.4) is 0 Å². The Balaban J connectivity index is 0.00000405. The number of aromatic nitrogens is 2. The van der Waals surface area contributed by atoms with Gasteiger partial charge in [0.1, 0.15) is 29.1 Å². The Labute approximate surface area is 270 Å². The Morgan fingerprint density at radius 3 is 2.10 bits per heavy atom. The number of fused-ring (bicyclic) bond motifs is 1. The van der Waals surface area contributed by atoms with Gasteiger partial charge in [0, 0.05) is 23.1 Å². The zero-order valence-electron chi connectivity index (χ0n) is 23.6. The van der Waals surface area contributed by atoms with Crippen LogP contribution in [0.1, 0.15) is 40.9 Å². The molecule has 0 saturated heterocycles. The van der Waals surface area contributed by atoms with Crippen molar-refractivity contribution in [3.8, 4) is 11.5 Å². The average molecular weight is 587 g/mol. The van der Waals surface area contributed by atoms with Crippen molar-refractivity contribution in [1.82, 2.24) is 8.75 Å². The fourth-order valence-corrected chi connectivity index (χ4v) is 4.93. The third-order valence-corrected chi connectivity index (χ3v) is 6.92. The number of nitrogens with zero attached hydrogens (tertiary/aromatic N) is 2. The number of carboxylic acid groups (broad SMARTS) is 1. The Morgan fingerprint density at radius 1 is 0.786 bits per heavy atom. The summed E-state index contributed by atoms with van der Waals surface area (Å²) < 4.78 is 20.0. The predicted molar refractivity (Wildman–Crippen MR) is 157 cm³/mol. The summed E-state index contributed by atoms with van der Waals surface area (Å²) in [5.41, 5.74) is 3.58. The molecule has 0 unspecified atom stereocenters. The van der Waals surface area contributed by atoms with Gasteiger partial charge in [0.05, 0.1) is 23.8 Å². The fourth-order valence-electron chi connectivity index (χ4n) is 4.41. The second kappa shape index (κ2) is 14.4. The molecular formula is C33H27N2NaO5S. The molecule has 5 rings (SSSR count). The van der Waals surface area contributed by atoms with Crippen molar-refractivity contribution in [1.29, 1.82) is 0 Å². The number of carbonyl (C=O) groups excluding carboxylic acids is 2. The van der Waals surface area contributed by atoms with Crippen molar-refractivity contribution in [2.75, 3.05) is 0 Å². The molecule has 5 aromatic rings. The molecule has 0 aliphatic heterocycles. The predicted octanol–water partition coefficient (Wildman–Crippen LogP) is 2.69. The number of ether oxygens (including phenoxy) is 2. The van der Waals surface area contributed by atoms with Crippen LogP contribution in [-0.2, 0) is 17.8 Å². The van der Waals surface area contributed by atoms with Gasteiger partial charge in [-0.3, -0.25) is 4.79 Å². The number of carbonyl (C=O) groups is 2. The van der Waals surface area contributed by atoms with E-state index in [9.17, 15) is 14.7 Å². The summed E-state index contributed by atoms with van der Waals surface area (Å²) in [5, 5.41) is 12.6. The van der Waals surface area contributed by atoms with Crippen LogP contribution in [0.15, 0.2) is 103 Å². The molecule has 0 fully saturated rings. The summed E-state index contributed by atoms with van der Waals surface area (Å²) >= 11 is 1.04. The van der Waals surface area contributed by atoms with Crippen molar-refractivity contribution in [2.45, 2.75) is 33.0 Å². The largest absolute Gasteiger partial charge is 1.00 e. The number of hydrogen-bond donors (Lipinski definition) is 0. The monoisotopic (exact) mass is 586 g/mol. The Bertz CT molecular complexity index is 1700. The molecule has 1 heterocycles. The minimum absolute atomic E-state index is 0. The van der Waals surface area contributed by atoms with Gasteiger partial charge in [-0.15, -0.1) is 0 Å². The van der Waals surface area contributed by atoms with E-state index in [2.05, 4.69) is 8.75 Å². The molecule has 0 N–H and O–H groups in total. The van der Waals surface area contributed by atoms with Crippen molar-refractivity contribution < 1.29 is 53.7 Å². The quantitative estimate of drug-likeness (QED) is 0.133. The average Bonchev–Trinajstić information content (AvgIpc) is 3.45. The van der Waals surface area contributed by atoms with E-state index < -0.39 is 11.8 Å². The van der Waals surface area contributed by atoms with Gasteiger partial charge in [0.25, 0.3) is 0 Å². The van der Waals surface area contributed by atoms with Gasteiger partial charge < -0.3 is 19.4 Å². The molecule has 0 atom stereocenters. The molecule has 7 nitrogen and oxygen atoms in total. The number of Topliss-reactive ketones (excluding diaryl/α,β-unsaturated/α-hetero) is 1. The molecule has 0 aliphatic carbocycles. The molecule has 9 heteroatoms. The van der Waals surface area contributed by atoms with Crippen LogP contribution in [0.5, 0.6) is 11.5 Å². The van der Waals surface area contributed by atoms with Crippen molar-refractivity contribution in [3.63, 3.8) is 0 Å². The van der Waals surface area contributed by atoms with Crippen LogP contribution in [0, 0.1) is 0 Å². The third-order valence-electron chi connectivity index (χ3n) is 6.36. The first-order valence-corrected chi connectivity index (χ1v) is 13.8. The number of rotatable bonds is 11. The van der Waals surface area contributed by atoms with Gasteiger partial charge in [-0.2, -0.15) is 8.75 Å². The fraction of sp³-hybridized carbons (Fsp3) is 0.152. The molecule has 0 spiro atoms. The molecule has 0 radical (unpaired) electrons. The molecule has 0 amide bonds. The van der Waals surface area contributed by atoms with Gasteiger partial charge in [0.2, 0.25) is 0 Å². The zero-order chi connectivity index (χ0) is 28.8. The Morgan fingerprint density at radius 2 is 1.43 bits per heavy atom. The number of aliphatic carboxylic acids is 1. The van der Waals surface area contributed by atoms with Crippen molar-refractivity contribution in [3.05, 3.63) is 125 Å². The van der Waals surface area contributed by atoms with E-state index in [1.54, 1.807) is 42.5 Å². The second-order valence-corrected chi connectivity index (χ2v) is 10.3. The van der Waals surface area contributed by atoms with E-state index in [0.29, 0.717) is 40.3 Å². The molecule has 0 bridgehead atoms. The summed E-state index contributed by atoms with van der Waals surface area (Å²) in [7, 11) is 0. The summed E-state index contributed by atoms with van der Waals surface area (Å²) in [5.74, 6) is -0.578. The normalized spacial score (nSPS) is 11.5. The van der Waals surface area contributed by atoms with Gasteiger partial charge in [-0.1, -0.05) is 48.5 Å². The molecule has 4 aromatic carbocycles.